The van der Waals surface area contributed by atoms with Crippen molar-refractivity contribution in [2.45, 2.75) is 6.92 Å². The maximum Gasteiger partial charge on any atom is 0.248 e. The molecule has 3 nitrogen and oxygen atoms in total. The van der Waals surface area contributed by atoms with Crippen molar-refractivity contribution in [3.05, 3.63) is 58.2 Å². The fourth-order valence-corrected chi connectivity index (χ4v) is 1.96. The highest BCUT2D eigenvalue weighted by molar-refractivity contribution is 9.10. The molecular weight excluding hydrogens is 313 g/mol. The molecule has 5 heteroatoms. The Labute approximate surface area is 118 Å². The van der Waals surface area contributed by atoms with Gasteiger partial charge in [-0.1, -0.05) is 0 Å². The van der Waals surface area contributed by atoms with Gasteiger partial charge in [-0.15, -0.1) is 0 Å². The van der Waals surface area contributed by atoms with Crippen molar-refractivity contribution in [2.24, 2.45) is 0 Å². The van der Waals surface area contributed by atoms with E-state index in [1.165, 1.54) is 18.4 Å². The first kappa shape index (κ1) is 13.5. The number of furan rings is 1. The molecule has 0 radical (unpaired) electrons. The first-order chi connectivity index (χ1) is 9.06. The van der Waals surface area contributed by atoms with Gasteiger partial charge in [0.1, 0.15) is 11.6 Å². The number of aryl methyl sites for hydroxylation is 1. The van der Waals surface area contributed by atoms with E-state index in [1.54, 1.807) is 31.2 Å². The van der Waals surface area contributed by atoms with Crippen LogP contribution in [0.3, 0.4) is 0 Å². The fourth-order valence-electron chi connectivity index (χ4n) is 1.50. The van der Waals surface area contributed by atoms with Gasteiger partial charge in [0.05, 0.1) is 10.7 Å². The van der Waals surface area contributed by atoms with Crippen molar-refractivity contribution in [3.63, 3.8) is 0 Å². The molecule has 1 amide bonds. The molecule has 1 aromatic carbocycles. The smallest absolute Gasteiger partial charge is 0.248 e. The predicted molar refractivity (Wildman–Crippen MR) is 75.2 cm³/mol. The van der Waals surface area contributed by atoms with Crippen LogP contribution < -0.4 is 5.32 Å². The molecule has 0 aliphatic rings. The van der Waals surface area contributed by atoms with Crippen molar-refractivity contribution in [3.8, 4) is 0 Å². The van der Waals surface area contributed by atoms with E-state index in [2.05, 4.69) is 21.2 Å². The third-order valence-corrected chi connectivity index (χ3v) is 3.08. The molecule has 0 unspecified atom stereocenters. The van der Waals surface area contributed by atoms with Crippen LogP contribution in [0.5, 0.6) is 0 Å². The molecular formula is C14H11BrFNO2. The number of rotatable bonds is 3. The van der Waals surface area contributed by atoms with E-state index >= 15 is 0 Å². The lowest BCUT2D eigenvalue weighted by Crippen LogP contribution is -2.09. The Morgan fingerprint density at radius 2 is 2.26 bits per heavy atom. The molecule has 1 heterocycles. The van der Waals surface area contributed by atoms with Crippen LogP contribution in [0.4, 0.5) is 10.1 Å². The lowest BCUT2D eigenvalue weighted by Gasteiger charge is -2.07. The topological polar surface area (TPSA) is 42.2 Å². The van der Waals surface area contributed by atoms with Crippen LogP contribution in [0.15, 0.2) is 45.5 Å². The fraction of sp³-hybridized carbons (Fsp3) is 0.0714. The minimum atomic E-state index is -0.420. The highest BCUT2D eigenvalue weighted by Gasteiger charge is 2.07. The van der Waals surface area contributed by atoms with E-state index in [4.69, 9.17) is 4.42 Å². The number of anilines is 1. The van der Waals surface area contributed by atoms with Crippen LogP contribution in [0.2, 0.25) is 0 Å². The minimum Gasteiger partial charge on any atom is -0.465 e. The maximum absolute atomic E-state index is 13.4. The van der Waals surface area contributed by atoms with Gasteiger partial charge in [0.15, 0.2) is 0 Å². The predicted octanol–water partition coefficient (Wildman–Crippen LogP) is 4.14. The average molecular weight is 324 g/mol. The largest absolute Gasteiger partial charge is 0.465 e. The zero-order chi connectivity index (χ0) is 13.8. The van der Waals surface area contributed by atoms with E-state index in [9.17, 15) is 9.18 Å². The van der Waals surface area contributed by atoms with Crippen molar-refractivity contribution in [1.29, 1.82) is 0 Å². The van der Waals surface area contributed by atoms with E-state index in [-0.39, 0.29) is 5.91 Å². The number of nitrogens with one attached hydrogen (secondary N) is 1. The number of amides is 1. The molecule has 0 atom stereocenters. The van der Waals surface area contributed by atoms with Crippen LogP contribution in [-0.4, -0.2) is 5.91 Å². The molecule has 0 fully saturated rings. The Balaban J connectivity index is 2.09. The Hall–Kier alpha value is -1.88. The second-order valence-corrected chi connectivity index (χ2v) is 4.77. The summed E-state index contributed by atoms with van der Waals surface area (Å²) in [6.07, 6.45) is 4.39. The highest BCUT2D eigenvalue weighted by atomic mass is 79.9. The second kappa shape index (κ2) is 5.84. The lowest BCUT2D eigenvalue weighted by atomic mass is 10.2. The first-order valence-corrected chi connectivity index (χ1v) is 6.34. The lowest BCUT2D eigenvalue weighted by molar-refractivity contribution is -0.111. The molecule has 0 saturated heterocycles. The Bertz CT molecular complexity index is 621. The number of carbonyl (C=O) groups excluding carboxylic acids is 1. The monoisotopic (exact) mass is 323 g/mol. The van der Waals surface area contributed by atoms with Crippen molar-refractivity contribution >= 4 is 33.6 Å². The summed E-state index contributed by atoms with van der Waals surface area (Å²) in [6.45, 7) is 1.79. The minimum absolute atomic E-state index is 0.346. The molecule has 0 aliphatic carbocycles. The van der Waals surface area contributed by atoms with Gasteiger partial charge in [-0.05, 0) is 58.8 Å². The number of hydrogen-bond donors (Lipinski definition) is 1. The highest BCUT2D eigenvalue weighted by Crippen LogP contribution is 2.23. The standard InChI is InChI=1S/C14H11BrFNO2/c1-9-7-11(15)12(16)8-13(9)17-14(18)5-4-10-3-2-6-19-10/h2-8H,1H3,(H,17,18)/b5-4+. The Morgan fingerprint density at radius 1 is 1.47 bits per heavy atom. The molecule has 0 aliphatic heterocycles. The maximum atomic E-state index is 13.4. The molecule has 2 aromatic rings. The van der Waals surface area contributed by atoms with Crippen LogP contribution >= 0.6 is 15.9 Å². The second-order valence-electron chi connectivity index (χ2n) is 3.92. The van der Waals surface area contributed by atoms with Gasteiger partial charge in [0.2, 0.25) is 5.91 Å². The van der Waals surface area contributed by atoms with Crippen LogP contribution in [0.25, 0.3) is 6.08 Å². The number of halogens is 2. The first-order valence-electron chi connectivity index (χ1n) is 5.54. The zero-order valence-corrected chi connectivity index (χ0v) is 11.7. The normalized spacial score (nSPS) is 10.9. The van der Waals surface area contributed by atoms with Gasteiger partial charge in [0, 0.05) is 11.8 Å². The van der Waals surface area contributed by atoms with E-state index < -0.39 is 5.82 Å². The molecule has 1 N–H and O–H groups in total. The van der Waals surface area contributed by atoms with Crippen LogP contribution in [-0.2, 0) is 4.79 Å². The van der Waals surface area contributed by atoms with Crippen molar-refractivity contribution < 1.29 is 13.6 Å². The van der Waals surface area contributed by atoms with Gasteiger partial charge in [0.25, 0.3) is 0 Å². The summed E-state index contributed by atoms with van der Waals surface area (Å²) in [6, 6.07) is 6.35. The number of benzene rings is 1. The molecule has 0 saturated carbocycles. The Kier molecular flexibility index (Phi) is 4.16. The quantitative estimate of drug-likeness (QED) is 0.862. The van der Waals surface area contributed by atoms with Gasteiger partial charge in [-0.3, -0.25) is 4.79 Å². The average Bonchev–Trinajstić information content (AvgIpc) is 2.86. The SMILES string of the molecule is Cc1cc(Br)c(F)cc1NC(=O)/C=C/c1ccco1. The molecule has 0 bridgehead atoms. The van der Waals surface area contributed by atoms with Crippen molar-refractivity contribution in [2.75, 3.05) is 5.32 Å². The molecule has 19 heavy (non-hydrogen) atoms. The third-order valence-electron chi connectivity index (χ3n) is 2.47. The molecule has 0 spiro atoms. The van der Waals surface area contributed by atoms with Crippen molar-refractivity contribution in [1.82, 2.24) is 0 Å². The summed E-state index contributed by atoms with van der Waals surface area (Å²) in [5, 5.41) is 2.61. The van der Waals surface area contributed by atoms with E-state index in [0.717, 1.165) is 5.56 Å². The molecule has 98 valence electrons. The summed E-state index contributed by atoms with van der Waals surface area (Å²) < 4.78 is 18.8. The van der Waals surface area contributed by atoms with E-state index in [1.807, 2.05) is 0 Å². The molecule has 1 aromatic heterocycles. The summed E-state index contributed by atoms with van der Waals surface area (Å²) >= 11 is 3.09. The Morgan fingerprint density at radius 3 is 2.95 bits per heavy atom. The summed E-state index contributed by atoms with van der Waals surface area (Å²) in [4.78, 5) is 11.7. The summed E-state index contributed by atoms with van der Waals surface area (Å²) in [5.41, 5.74) is 1.21. The van der Waals surface area contributed by atoms with Gasteiger partial charge in [-0.2, -0.15) is 0 Å². The summed E-state index contributed by atoms with van der Waals surface area (Å²) in [5.74, 6) is -0.189. The summed E-state index contributed by atoms with van der Waals surface area (Å²) in [7, 11) is 0. The van der Waals surface area contributed by atoms with Gasteiger partial charge in [-0.25, -0.2) is 4.39 Å². The van der Waals surface area contributed by atoms with Gasteiger partial charge >= 0.3 is 0 Å². The number of carbonyl (C=O) groups is 1. The number of hydrogen-bond acceptors (Lipinski definition) is 2. The van der Waals surface area contributed by atoms with E-state index in [0.29, 0.717) is 15.9 Å². The third kappa shape index (κ3) is 3.54. The van der Waals surface area contributed by atoms with Crippen LogP contribution in [0.1, 0.15) is 11.3 Å². The zero-order valence-electron chi connectivity index (χ0n) is 10.1. The van der Waals surface area contributed by atoms with Gasteiger partial charge < -0.3 is 9.73 Å². The van der Waals surface area contributed by atoms with Crippen LogP contribution in [0, 0.1) is 12.7 Å². The molecule has 2 rings (SSSR count).